The highest BCUT2D eigenvalue weighted by molar-refractivity contribution is 6.05. The lowest BCUT2D eigenvalue weighted by atomic mass is 9.65. The van der Waals surface area contributed by atoms with Crippen LogP contribution >= 0.6 is 0 Å². The average molecular weight is 793 g/mol. The summed E-state index contributed by atoms with van der Waals surface area (Å²) in [6.07, 6.45) is 7.90. The molecule has 4 aromatic rings. The Morgan fingerprint density at radius 3 is 2.36 bits per heavy atom. The second kappa shape index (κ2) is 14.1. The van der Waals surface area contributed by atoms with Crippen molar-refractivity contribution in [2.75, 3.05) is 50.8 Å². The van der Waals surface area contributed by atoms with Crippen LogP contribution in [0, 0.1) is 11.3 Å². The van der Waals surface area contributed by atoms with Gasteiger partial charge in [0.15, 0.2) is 0 Å². The summed E-state index contributed by atoms with van der Waals surface area (Å²) < 4.78 is 12.6. The van der Waals surface area contributed by atoms with Gasteiger partial charge in [-0.1, -0.05) is 54.6 Å². The first-order valence-corrected chi connectivity index (χ1v) is 21.8. The Balaban J connectivity index is 0.685. The minimum Gasteiger partial charge on any atom is -0.508 e. The minimum atomic E-state index is -0.619. The number of benzene rings is 4. The Hall–Kier alpha value is -5.35. The molecule has 0 radical (unpaired) electrons. The maximum Gasteiger partial charge on any atom is 0.255 e. The fourth-order valence-corrected chi connectivity index (χ4v) is 11.9. The number of carbonyl (C=O) groups excluding carboxylic acids is 3. The minimum absolute atomic E-state index is 0.0287. The monoisotopic (exact) mass is 792 g/mol. The third-order valence-corrected chi connectivity index (χ3v) is 15.3. The molecule has 3 amide bonds. The van der Waals surface area contributed by atoms with Crippen LogP contribution in [0.4, 0.5) is 5.69 Å². The molecule has 1 unspecified atom stereocenters. The van der Waals surface area contributed by atoms with Crippen molar-refractivity contribution in [1.29, 1.82) is 0 Å². The van der Waals surface area contributed by atoms with E-state index in [1.54, 1.807) is 17.0 Å². The lowest BCUT2D eigenvalue weighted by Gasteiger charge is -2.55. The van der Waals surface area contributed by atoms with Crippen LogP contribution in [0.3, 0.4) is 0 Å². The van der Waals surface area contributed by atoms with Gasteiger partial charge in [0.05, 0.1) is 19.8 Å². The van der Waals surface area contributed by atoms with Crippen LogP contribution < -0.4 is 19.7 Å². The second-order valence-corrected chi connectivity index (χ2v) is 18.7. The molecule has 1 saturated carbocycles. The largest absolute Gasteiger partial charge is 0.508 e. The Bertz CT molecular complexity index is 2300. The van der Waals surface area contributed by atoms with Crippen molar-refractivity contribution in [3.05, 3.63) is 118 Å². The molecule has 10 heteroatoms. The number of piperidine rings is 2. The van der Waals surface area contributed by atoms with Crippen molar-refractivity contribution in [3.8, 4) is 17.2 Å². The molecule has 4 aromatic carbocycles. The number of likely N-dealkylation sites (tertiary alicyclic amines) is 1. The number of amides is 3. The highest BCUT2D eigenvalue weighted by Gasteiger charge is 2.49. The first-order chi connectivity index (χ1) is 28.7. The molecule has 2 spiro atoms. The van der Waals surface area contributed by atoms with E-state index in [2.05, 4.69) is 75.8 Å². The molecule has 3 saturated heterocycles. The van der Waals surface area contributed by atoms with E-state index in [-0.39, 0.29) is 47.1 Å². The third-order valence-electron chi connectivity index (χ3n) is 15.3. The van der Waals surface area contributed by atoms with Crippen LogP contribution in [0.15, 0.2) is 84.9 Å². The summed E-state index contributed by atoms with van der Waals surface area (Å²) in [4.78, 5) is 44.6. The van der Waals surface area contributed by atoms with E-state index >= 15 is 0 Å². The Kier molecular flexibility index (Phi) is 8.80. The number of carbonyl (C=O) groups is 3. The van der Waals surface area contributed by atoms with E-state index in [1.165, 1.54) is 54.6 Å². The van der Waals surface area contributed by atoms with E-state index in [0.717, 1.165) is 67.6 Å². The smallest absolute Gasteiger partial charge is 0.255 e. The Morgan fingerprint density at radius 1 is 0.814 bits per heavy atom. The number of aromatic hydroxyl groups is 1. The fourth-order valence-electron chi connectivity index (χ4n) is 11.9. The van der Waals surface area contributed by atoms with Crippen molar-refractivity contribution in [2.45, 2.75) is 81.2 Å². The number of imide groups is 1. The number of hydrogen-bond donors (Lipinski definition) is 2. The third kappa shape index (κ3) is 6.28. The van der Waals surface area contributed by atoms with E-state index in [1.807, 2.05) is 12.1 Å². The summed E-state index contributed by atoms with van der Waals surface area (Å²) in [6.45, 7) is 7.13. The van der Waals surface area contributed by atoms with Crippen molar-refractivity contribution in [2.24, 2.45) is 11.3 Å². The van der Waals surface area contributed by atoms with Gasteiger partial charge >= 0.3 is 0 Å². The molecule has 1 aliphatic carbocycles. The highest BCUT2D eigenvalue weighted by atomic mass is 16.5. The molecule has 0 aromatic heterocycles. The van der Waals surface area contributed by atoms with Crippen LogP contribution in [-0.2, 0) is 21.5 Å². The number of rotatable bonds is 6. The first kappa shape index (κ1) is 36.7. The molecule has 6 heterocycles. The van der Waals surface area contributed by atoms with Gasteiger partial charge in [0.1, 0.15) is 23.3 Å². The number of ether oxygens (including phenoxy) is 2. The molecule has 304 valence electrons. The summed E-state index contributed by atoms with van der Waals surface area (Å²) in [5, 5.41) is 12.6. The number of fused-ring (bicyclic) bond motifs is 5. The van der Waals surface area contributed by atoms with Crippen LogP contribution in [0.25, 0.3) is 0 Å². The molecule has 3 atom stereocenters. The van der Waals surface area contributed by atoms with Crippen molar-refractivity contribution >= 4 is 23.4 Å². The number of hydrogen-bond acceptors (Lipinski definition) is 8. The highest BCUT2D eigenvalue weighted by Crippen LogP contribution is 2.52. The zero-order valence-corrected chi connectivity index (χ0v) is 33.5. The SMILES string of the molecule is O=C1CCC(N2Cc3c(ccc4c3OCC43CCN(CC4CCC5(CC4)CN(c4ccc([C@@H]6c7ccc(O)cc7OC[C@@H]6c6ccccc6)cc4)C5)CC3)C2=O)C(=O)N1. The molecule has 2 N–H and O–H groups in total. The zero-order valence-electron chi connectivity index (χ0n) is 33.5. The van der Waals surface area contributed by atoms with Crippen LogP contribution in [-0.4, -0.2) is 84.6 Å². The van der Waals surface area contributed by atoms with Crippen molar-refractivity contribution in [3.63, 3.8) is 0 Å². The molecule has 6 aliphatic heterocycles. The number of nitrogens with zero attached hydrogens (tertiary/aromatic N) is 3. The van der Waals surface area contributed by atoms with E-state index in [9.17, 15) is 19.5 Å². The number of phenols is 1. The molecule has 4 fully saturated rings. The molecule has 10 nitrogen and oxygen atoms in total. The summed E-state index contributed by atoms with van der Waals surface area (Å²) in [5.41, 5.74) is 8.14. The van der Waals surface area contributed by atoms with Gasteiger partial charge in [-0.15, -0.1) is 0 Å². The first-order valence-electron chi connectivity index (χ1n) is 21.8. The number of anilines is 1. The van der Waals surface area contributed by atoms with Crippen LogP contribution in [0.2, 0.25) is 0 Å². The van der Waals surface area contributed by atoms with Gasteiger partial charge in [-0.25, -0.2) is 0 Å². The molecule has 7 aliphatic rings. The van der Waals surface area contributed by atoms with Crippen molar-refractivity contribution < 1.29 is 29.0 Å². The summed E-state index contributed by atoms with van der Waals surface area (Å²) in [6, 6.07) is 28.9. The van der Waals surface area contributed by atoms with Gasteiger partial charge in [-0.2, -0.15) is 0 Å². The predicted octanol–water partition coefficient (Wildman–Crippen LogP) is 6.88. The summed E-state index contributed by atoms with van der Waals surface area (Å²) in [5.74, 6) is 2.14. The lowest BCUT2D eigenvalue weighted by molar-refractivity contribution is -0.136. The Labute approximate surface area is 345 Å². The summed E-state index contributed by atoms with van der Waals surface area (Å²) >= 11 is 0. The summed E-state index contributed by atoms with van der Waals surface area (Å²) in [7, 11) is 0. The van der Waals surface area contributed by atoms with Gasteiger partial charge in [0.25, 0.3) is 5.91 Å². The van der Waals surface area contributed by atoms with Crippen molar-refractivity contribution in [1.82, 2.24) is 15.1 Å². The molecule has 0 bridgehead atoms. The van der Waals surface area contributed by atoms with E-state index in [0.29, 0.717) is 37.2 Å². The zero-order chi connectivity index (χ0) is 39.9. The van der Waals surface area contributed by atoms with Gasteiger partial charge in [0.2, 0.25) is 11.8 Å². The van der Waals surface area contributed by atoms with Crippen LogP contribution in [0.5, 0.6) is 17.2 Å². The fraction of sp³-hybridized carbons (Fsp3) is 0.449. The maximum absolute atomic E-state index is 13.4. The van der Waals surface area contributed by atoms with Gasteiger partial charge < -0.3 is 29.3 Å². The molecular weight excluding hydrogens is 741 g/mol. The number of nitrogens with one attached hydrogen (secondary N) is 1. The van der Waals surface area contributed by atoms with E-state index in [4.69, 9.17) is 9.47 Å². The van der Waals surface area contributed by atoms with Crippen LogP contribution in [0.1, 0.15) is 101 Å². The lowest BCUT2D eigenvalue weighted by Crippen LogP contribution is -2.58. The van der Waals surface area contributed by atoms with Gasteiger partial charge in [-0.3, -0.25) is 19.7 Å². The normalized spacial score (nSPS) is 25.8. The second-order valence-electron chi connectivity index (χ2n) is 18.7. The Morgan fingerprint density at radius 2 is 1.59 bits per heavy atom. The standard InChI is InChI=1S/C49H52N4O6/c54-35-10-11-37-42(24-35)58-27-39(32-4-2-1-3-5-32)44(37)33-6-8-34(9-7-33)52-28-48(29-52)18-16-31(17-19-48)25-51-22-20-49(21-23-51)30-59-45-38-26-53(41-14-15-43(55)50-46(41)56)47(57)36(38)12-13-40(45)49/h1-13,24,31,39,41,44,54H,14-23,25-30H2,(H,50,55,56)/t39-,41?,44-/m1/s1. The quantitative estimate of drug-likeness (QED) is 0.204. The number of phenolic OH excluding ortho intramolecular Hbond substituents is 1. The average Bonchev–Trinajstić information content (AvgIpc) is 3.78. The molecular formula is C49H52N4O6. The molecule has 59 heavy (non-hydrogen) atoms. The maximum atomic E-state index is 13.4. The van der Waals surface area contributed by atoms with Gasteiger partial charge in [0, 0.05) is 82.7 Å². The van der Waals surface area contributed by atoms with Gasteiger partial charge in [-0.05, 0) is 99.3 Å². The molecule has 11 rings (SSSR count). The predicted molar refractivity (Wildman–Crippen MR) is 223 cm³/mol. The topological polar surface area (TPSA) is 112 Å². The van der Waals surface area contributed by atoms with E-state index < -0.39 is 6.04 Å².